The molecule has 0 fully saturated rings. The minimum absolute atomic E-state index is 0.0463. The van der Waals surface area contributed by atoms with Crippen molar-refractivity contribution < 1.29 is 9.59 Å². The van der Waals surface area contributed by atoms with E-state index >= 15 is 0 Å². The van der Waals surface area contributed by atoms with Crippen LogP contribution in [0, 0.1) is 0 Å². The number of nitrogens with one attached hydrogen (secondary N) is 1. The van der Waals surface area contributed by atoms with E-state index in [9.17, 15) is 9.59 Å². The fraction of sp³-hybridized carbons (Fsp3) is 0.750. The molecule has 14 heavy (non-hydrogen) atoms. The molecule has 0 rings (SSSR count). The maximum Gasteiger partial charge on any atom is 0.331 e. The van der Waals surface area contributed by atoms with Gasteiger partial charge in [-0.2, -0.15) is 0 Å². The van der Waals surface area contributed by atoms with E-state index in [-0.39, 0.29) is 12.5 Å². The van der Waals surface area contributed by atoms with Gasteiger partial charge in [-0.05, 0) is 13.8 Å². The summed E-state index contributed by atoms with van der Waals surface area (Å²) in [4.78, 5) is 25.4. The minimum Gasteiger partial charge on any atom is -0.342 e. The number of urea groups is 1. The normalized spacial score (nSPS) is 9.43. The van der Waals surface area contributed by atoms with Gasteiger partial charge in [0.05, 0.1) is 0 Å². The molecule has 0 aromatic heterocycles. The number of nitrogens with two attached hydrogens (primary N) is 1. The summed E-state index contributed by atoms with van der Waals surface area (Å²) in [5.41, 5.74) is 1.96. The topological polar surface area (TPSA) is 78.7 Å². The fourth-order valence-electron chi connectivity index (χ4n) is 1.06. The molecular formula is C8H18N4O2. The van der Waals surface area contributed by atoms with E-state index in [0.717, 1.165) is 0 Å². The molecule has 0 bridgehead atoms. The SMILES string of the molecule is CCN(CC)C(=O)CN(C)C(=O)NN. The number of amides is 3. The summed E-state index contributed by atoms with van der Waals surface area (Å²) in [7, 11) is 1.52. The molecule has 82 valence electrons. The number of hydrogen-bond acceptors (Lipinski definition) is 3. The first-order valence-corrected chi connectivity index (χ1v) is 4.56. The molecule has 0 aliphatic rings. The maximum atomic E-state index is 11.5. The highest BCUT2D eigenvalue weighted by atomic mass is 16.2. The standard InChI is InChI=1S/C8H18N4O2/c1-4-12(5-2)7(13)6-11(3)8(14)10-9/h4-6,9H2,1-3H3,(H,10,14). The van der Waals surface area contributed by atoms with Gasteiger partial charge in [0, 0.05) is 20.1 Å². The average Bonchev–Trinajstić information content (AvgIpc) is 2.18. The molecule has 0 aliphatic heterocycles. The molecule has 3 amide bonds. The third kappa shape index (κ3) is 3.61. The van der Waals surface area contributed by atoms with Gasteiger partial charge in [-0.3, -0.25) is 10.2 Å². The smallest absolute Gasteiger partial charge is 0.331 e. The Morgan fingerprint density at radius 3 is 2.14 bits per heavy atom. The summed E-state index contributed by atoms with van der Waals surface area (Å²) >= 11 is 0. The highest BCUT2D eigenvalue weighted by Gasteiger charge is 2.15. The summed E-state index contributed by atoms with van der Waals surface area (Å²) in [6.45, 7) is 5.13. The third-order valence-corrected chi connectivity index (χ3v) is 1.96. The van der Waals surface area contributed by atoms with E-state index in [2.05, 4.69) is 0 Å². The molecule has 6 nitrogen and oxygen atoms in total. The molecule has 0 saturated heterocycles. The van der Waals surface area contributed by atoms with E-state index in [0.29, 0.717) is 13.1 Å². The molecule has 0 aromatic carbocycles. The molecule has 6 heteroatoms. The van der Waals surface area contributed by atoms with E-state index < -0.39 is 6.03 Å². The Hall–Kier alpha value is -1.30. The van der Waals surface area contributed by atoms with Crippen LogP contribution >= 0.6 is 0 Å². The predicted octanol–water partition coefficient (Wildman–Crippen LogP) is -0.630. The van der Waals surface area contributed by atoms with Crippen molar-refractivity contribution in [2.24, 2.45) is 5.84 Å². The number of likely N-dealkylation sites (N-methyl/N-ethyl adjacent to an activating group) is 2. The summed E-state index contributed by atoms with van der Waals surface area (Å²) in [6, 6.07) is -0.467. The van der Waals surface area contributed by atoms with Crippen LogP contribution in [-0.2, 0) is 4.79 Å². The number of carbonyl (C=O) groups is 2. The second-order valence-corrected chi connectivity index (χ2v) is 2.87. The van der Waals surface area contributed by atoms with Crippen molar-refractivity contribution in [2.45, 2.75) is 13.8 Å². The van der Waals surface area contributed by atoms with Gasteiger partial charge in [0.15, 0.2) is 0 Å². The number of nitrogens with zero attached hydrogens (tertiary/aromatic N) is 2. The first kappa shape index (κ1) is 12.7. The highest BCUT2D eigenvalue weighted by molar-refractivity contribution is 5.83. The molecular weight excluding hydrogens is 184 g/mol. The number of hydrazine groups is 1. The van der Waals surface area contributed by atoms with Crippen molar-refractivity contribution >= 4 is 11.9 Å². The Labute approximate surface area is 84.0 Å². The third-order valence-electron chi connectivity index (χ3n) is 1.96. The lowest BCUT2D eigenvalue weighted by molar-refractivity contribution is -0.131. The predicted molar refractivity (Wildman–Crippen MR) is 53.3 cm³/mol. The van der Waals surface area contributed by atoms with Crippen LogP contribution in [0.4, 0.5) is 4.79 Å². The molecule has 0 spiro atoms. The molecule has 0 unspecified atom stereocenters. The molecule has 0 heterocycles. The highest BCUT2D eigenvalue weighted by Crippen LogP contribution is 1.92. The molecule has 0 aromatic rings. The lowest BCUT2D eigenvalue weighted by atomic mass is 10.4. The van der Waals surface area contributed by atoms with E-state index in [1.165, 1.54) is 11.9 Å². The van der Waals surface area contributed by atoms with E-state index in [4.69, 9.17) is 5.84 Å². The van der Waals surface area contributed by atoms with E-state index in [1.807, 2.05) is 19.3 Å². The molecule has 0 atom stereocenters. The van der Waals surface area contributed by atoms with Crippen molar-refractivity contribution in [3.8, 4) is 0 Å². The van der Waals surface area contributed by atoms with Crippen LogP contribution in [0.3, 0.4) is 0 Å². The summed E-state index contributed by atoms with van der Waals surface area (Å²) in [6.07, 6.45) is 0. The van der Waals surface area contributed by atoms with Gasteiger partial charge in [-0.15, -0.1) is 0 Å². The lowest BCUT2D eigenvalue weighted by Crippen LogP contribution is -2.46. The van der Waals surface area contributed by atoms with Gasteiger partial charge in [-0.25, -0.2) is 10.6 Å². The van der Waals surface area contributed by atoms with Crippen molar-refractivity contribution in [1.29, 1.82) is 0 Å². The van der Waals surface area contributed by atoms with Gasteiger partial charge >= 0.3 is 6.03 Å². The Bertz CT molecular complexity index is 204. The van der Waals surface area contributed by atoms with Gasteiger partial charge in [-0.1, -0.05) is 0 Å². The second kappa shape index (κ2) is 6.20. The Morgan fingerprint density at radius 2 is 1.79 bits per heavy atom. The van der Waals surface area contributed by atoms with Crippen LogP contribution < -0.4 is 11.3 Å². The van der Waals surface area contributed by atoms with Crippen molar-refractivity contribution in [3.05, 3.63) is 0 Å². The Kier molecular flexibility index (Phi) is 5.62. The van der Waals surface area contributed by atoms with Gasteiger partial charge in [0.2, 0.25) is 5.91 Å². The van der Waals surface area contributed by atoms with Crippen LogP contribution in [0.1, 0.15) is 13.8 Å². The number of carbonyl (C=O) groups excluding carboxylic acids is 2. The van der Waals surface area contributed by atoms with Gasteiger partial charge in [0.25, 0.3) is 0 Å². The monoisotopic (exact) mass is 202 g/mol. The Morgan fingerprint density at radius 1 is 1.29 bits per heavy atom. The van der Waals surface area contributed by atoms with Gasteiger partial charge < -0.3 is 9.80 Å². The zero-order chi connectivity index (χ0) is 11.1. The number of rotatable bonds is 4. The first-order valence-electron chi connectivity index (χ1n) is 4.56. The number of hydrogen-bond donors (Lipinski definition) is 2. The maximum absolute atomic E-state index is 11.5. The largest absolute Gasteiger partial charge is 0.342 e. The lowest BCUT2D eigenvalue weighted by Gasteiger charge is -2.22. The first-order chi connectivity index (χ1) is 6.56. The summed E-state index contributed by atoms with van der Waals surface area (Å²) < 4.78 is 0. The zero-order valence-electron chi connectivity index (χ0n) is 8.91. The second-order valence-electron chi connectivity index (χ2n) is 2.87. The van der Waals surface area contributed by atoms with Crippen LogP contribution in [0.25, 0.3) is 0 Å². The fourth-order valence-corrected chi connectivity index (χ4v) is 1.06. The van der Waals surface area contributed by atoms with Crippen LogP contribution in [0.2, 0.25) is 0 Å². The zero-order valence-corrected chi connectivity index (χ0v) is 8.91. The summed E-state index contributed by atoms with van der Waals surface area (Å²) in [5.74, 6) is 4.84. The molecule has 3 N–H and O–H groups in total. The van der Waals surface area contributed by atoms with Crippen molar-refractivity contribution in [2.75, 3.05) is 26.7 Å². The molecule has 0 aliphatic carbocycles. The van der Waals surface area contributed by atoms with Crippen LogP contribution in [0.15, 0.2) is 0 Å². The summed E-state index contributed by atoms with van der Waals surface area (Å²) in [5, 5.41) is 0. The van der Waals surface area contributed by atoms with Crippen LogP contribution in [-0.4, -0.2) is 48.4 Å². The van der Waals surface area contributed by atoms with Crippen LogP contribution in [0.5, 0.6) is 0 Å². The Balaban J connectivity index is 4.10. The molecule has 0 radical (unpaired) electrons. The van der Waals surface area contributed by atoms with Crippen molar-refractivity contribution in [1.82, 2.24) is 15.2 Å². The minimum atomic E-state index is -0.467. The van der Waals surface area contributed by atoms with E-state index in [1.54, 1.807) is 4.90 Å². The van der Waals surface area contributed by atoms with Gasteiger partial charge in [0.1, 0.15) is 6.54 Å². The molecule has 0 saturated carbocycles. The average molecular weight is 202 g/mol. The van der Waals surface area contributed by atoms with Crippen molar-refractivity contribution in [3.63, 3.8) is 0 Å². The quantitative estimate of drug-likeness (QED) is 0.362.